The van der Waals surface area contributed by atoms with E-state index in [2.05, 4.69) is 11.1 Å². The fourth-order valence-electron chi connectivity index (χ4n) is 4.72. The summed E-state index contributed by atoms with van der Waals surface area (Å²) in [4.78, 5) is 36.6. The number of amides is 1. The molecule has 9 nitrogen and oxygen atoms in total. The summed E-state index contributed by atoms with van der Waals surface area (Å²) in [7, 11) is 0. The van der Waals surface area contributed by atoms with Gasteiger partial charge in [-0.05, 0) is 71.6 Å². The van der Waals surface area contributed by atoms with Gasteiger partial charge in [0.25, 0.3) is 0 Å². The summed E-state index contributed by atoms with van der Waals surface area (Å²) < 4.78 is 16.6. The molecule has 0 spiro atoms. The maximum atomic E-state index is 13.2. The molecule has 1 aliphatic heterocycles. The van der Waals surface area contributed by atoms with Gasteiger partial charge in [-0.25, -0.2) is 19.6 Å². The van der Waals surface area contributed by atoms with Gasteiger partial charge in [-0.1, -0.05) is 13.0 Å². The number of piperidine rings is 1. The fourth-order valence-corrected chi connectivity index (χ4v) is 4.72. The van der Waals surface area contributed by atoms with Gasteiger partial charge in [0.15, 0.2) is 5.69 Å². The third-order valence-electron chi connectivity index (χ3n) is 6.43. The minimum atomic E-state index is -1.03. The van der Waals surface area contributed by atoms with Crippen molar-refractivity contribution in [2.24, 2.45) is 5.92 Å². The first kappa shape index (κ1) is 27.9. The molecule has 1 amide bonds. The molecule has 0 aromatic carbocycles. The Hall–Kier alpha value is -3.67. The number of carbonyl (C=O) groups excluding carboxylic acids is 2. The third-order valence-corrected chi connectivity index (χ3v) is 6.43. The Morgan fingerprint density at radius 2 is 1.95 bits per heavy atom. The van der Waals surface area contributed by atoms with E-state index in [1.807, 2.05) is 40.7 Å². The summed E-state index contributed by atoms with van der Waals surface area (Å²) in [6, 6.07) is 9.67. The molecule has 198 valence electrons. The fraction of sp³-hybridized carbons (Fsp3) is 0.536. The Morgan fingerprint density at radius 3 is 2.57 bits per heavy atom. The van der Waals surface area contributed by atoms with E-state index in [-0.39, 0.29) is 18.2 Å². The zero-order valence-electron chi connectivity index (χ0n) is 22.5. The highest BCUT2D eigenvalue weighted by atomic mass is 16.6. The summed E-state index contributed by atoms with van der Waals surface area (Å²) in [6.45, 7) is 12.3. The summed E-state index contributed by atoms with van der Waals surface area (Å²) in [5, 5.41) is 10.5. The van der Waals surface area contributed by atoms with Crippen molar-refractivity contribution in [2.75, 3.05) is 26.3 Å². The van der Waals surface area contributed by atoms with Crippen molar-refractivity contribution in [3.8, 4) is 23.2 Å². The van der Waals surface area contributed by atoms with Crippen LogP contribution in [0.5, 0.6) is 5.88 Å². The molecular weight excluding hydrogens is 472 g/mol. The van der Waals surface area contributed by atoms with Crippen molar-refractivity contribution < 1.29 is 23.8 Å². The number of aromatic nitrogens is 2. The van der Waals surface area contributed by atoms with Crippen molar-refractivity contribution >= 4 is 12.1 Å². The number of carbonyl (C=O) groups is 2. The lowest BCUT2D eigenvalue weighted by molar-refractivity contribution is 0.00977. The van der Waals surface area contributed by atoms with E-state index in [1.165, 1.54) is 0 Å². The molecule has 3 rings (SSSR count). The molecule has 37 heavy (non-hydrogen) atoms. The van der Waals surface area contributed by atoms with Crippen LogP contribution in [0.2, 0.25) is 0 Å². The molecule has 0 aliphatic carbocycles. The smallest absolute Gasteiger partial charge is 0.410 e. The number of esters is 1. The Bertz CT molecular complexity index is 1170. The van der Waals surface area contributed by atoms with Gasteiger partial charge in [-0.3, -0.25) is 0 Å². The second-order valence-electron chi connectivity index (χ2n) is 9.97. The van der Waals surface area contributed by atoms with Gasteiger partial charge in [-0.15, -0.1) is 0 Å². The molecule has 0 radical (unpaired) electrons. The highest BCUT2D eigenvalue weighted by molar-refractivity contribution is 5.90. The van der Waals surface area contributed by atoms with Gasteiger partial charge in [0.05, 0.1) is 36.0 Å². The van der Waals surface area contributed by atoms with Crippen molar-refractivity contribution in [1.29, 1.82) is 5.26 Å². The Kier molecular flexibility index (Phi) is 8.74. The zero-order valence-corrected chi connectivity index (χ0v) is 22.5. The number of rotatable bonds is 7. The first-order valence-electron chi connectivity index (χ1n) is 12.8. The molecule has 1 saturated heterocycles. The molecule has 1 aliphatic rings. The van der Waals surface area contributed by atoms with Gasteiger partial charge in [0.2, 0.25) is 5.88 Å². The van der Waals surface area contributed by atoms with E-state index in [0.717, 1.165) is 0 Å². The molecule has 0 unspecified atom stereocenters. The molecule has 0 N–H and O–H groups in total. The molecule has 2 aromatic rings. The lowest BCUT2D eigenvalue weighted by Crippen LogP contribution is -2.52. The second-order valence-corrected chi connectivity index (χ2v) is 9.97. The van der Waals surface area contributed by atoms with E-state index in [9.17, 15) is 14.9 Å². The first-order valence-corrected chi connectivity index (χ1v) is 12.8. The molecular formula is C28H36N4O5. The predicted molar refractivity (Wildman–Crippen MR) is 138 cm³/mol. The molecule has 1 fully saturated rings. The Balaban J connectivity index is 2.08. The van der Waals surface area contributed by atoms with Gasteiger partial charge in [0, 0.05) is 24.8 Å². The van der Waals surface area contributed by atoms with E-state index in [1.54, 1.807) is 36.2 Å². The van der Waals surface area contributed by atoms with Crippen LogP contribution in [0.3, 0.4) is 0 Å². The van der Waals surface area contributed by atoms with Crippen LogP contribution in [0, 0.1) is 17.2 Å². The highest BCUT2D eigenvalue weighted by Crippen LogP contribution is 2.43. The minimum absolute atomic E-state index is 0.0939. The zero-order chi connectivity index (χ0) is 27.2. The van der Waals surface area contributed by atoms with Gasteiger partial charge in [0.1, 0.15) is 5.60 Å². The Morgan fingerprint density at radius 1 is 1.19 bits per heavy atom. The first-order chi connectivity index (χ1) is 17.6. The van der Waals surface area contributed by atoms with Crippen LogP contribution in [0.4, 0.5) is 4.79 Å². The molecule has 0 saturated carbocycles. The standard InChI is InChI=1S/C28H36N4O5/c1-7-19-17-32(26(34)37-27(4,5)6)16-14-28(19,18-29)21-12-13-22(31-23(21)25(33)36-9-3)20-11-10-15-30-24(20)35-8-2/h10-13,15,19H,7-9,14,16-17H2,1-6H3/t19-,28+/m1/s1. The maximum absolute atomic E-state index is 13.2. The lowest BCUT2D eigenvalue weighted by atomic mass is 9.65. The van der Waals surface area contributed by atoms with E-state index in [4.69, 9.17) is 19.2 Å². The van der Waals surface area contributed by atoms with Gasteiger partial charge < -0.3 is 19.1 Å². The summed E-state index contributed by atoms with van der Waals surface area (Å²) in [5.74, 6) is -0.426. The topological polar surface area (TPSA) is 115 Å². The second kappa shape index (κ2) is 11.6. The van der Waals surface area contributed by atoms with Crippen LogP contribution in [-0.4, -0.2) is 58.8 Å². The summed E-state index contributed by atoms with van der Waals surface area (Å²) >= 11 is 0. The number of nitrogens with zero attached hydrogens (tertiary/aromatic N) is 4. The number of likely N-dealkylation sites (tertiary alicyclic amines) is 1. The van der Waals surface area contributed by atoms with E-state index in [0.29, 0.717) is 55.2 Å². The normalized spacial score (nSPS) is 19.6. The molecule has 2 atom stereocenters. The van der Waals surface area contributed by atoms with Crippen LogP contribution < -0.4 is 4.74 Å². The van der Waals surface area contributed by atoms with Gasteiger partial charge >= 0.3 is 12.1 Å². The molecule has 2 aromatic heterocycles. The minimum Gasteiger partial charge on any atom is -0.477 e. The van der Waals surface area contributed by atoms with Crippen molar-refractivity contribution in [1.82, 2.24) is 14.9 Å². The summed E-state index contributed by atoms with van der Waals surface area (Å²) in [6.07, 6.45) is 2.18. The average Bonchev–Trinajstić information content (AvgIpc) is 2.87. The van der Waals surface area contributed by atoms with Crippen LogP contribution >= 0.6 is 0 Å². The van der Waals surface area contributed by atoms with Crippen LogP contribution in [0.15, 0.2) is 30.5 Å². The SMILES string of the molecule is CCOC(=O)c1nc(-c2cccnc2OCC)ccc1[C@]1(C#N)CCN(C(=O)OC(C)(C)C)C[C@H]1CC. The van der Waals surface area contributed by atoms with Crippen LogP contribution in [0.25, 0.3) is 11.3 Å². The van der Waals surface area contributed by atoms with Crippen LogP contribution in [-0.2, 0) is 14.9 Å². The average molecular weight is 509 g/mol. The largest absolute Gasteiger partial charge is 0.477 e. The number of pyridine rings is 2. The molecule has 9 heteroatoms. The third kappa shape index (κ3) is 6.01. The van der Waals surface area contributed by atoms with Gasteiger partial charge in [-0.2, -0.15) is 5.26 Å². The van der Waals surface area contributed by atoms with Crippen molar-refractivity contribution in [3.63, 3.8) is 0 Å². The predicted octanol–water partition coefficient (Wildman–Crippen LogP) is 5.15. The number of hydrogen-bond donors (Lipinski definition) is 0. The highest BCUT2D eigenvalue weighted by Gasteiger charge is 2.48. The van der Waals surface area contributed by atoms with E-state index < -0.39 is 23.1 Å². The molecule has 3 heterocycles. The van der Waals surface area contributed by atoms with Crippen molar-refractivity contribution in [3.05, 3.63) is 41.7 Å². The number of hydrogen-bond acceptors (Lipinski definition) is 8. The van der Waals surface area contributed by atoms with Crippen LogP contribution in [0.1, 0.15) is 70.4 Å². The number of nitriles is 1. The molecule has 0 bridgehead atoms. The lowest BCUT2D eigenvalue weighted by Gasteiger charge is -2.44. The monoisotopic (exact) mass is 508 g/mol. The summed E-state index contributed by atoms with van der Waals surface area (Å²) in [5.41, 5.74) is 0.0889. The quantitative estimate of drug-likeness (QED) is 0.472. The maximum Gasteiger partial charge on any atom is 0.410 e. The number of ether oxygens (including phenoxy) is 3. The Labute approximate surface area is 218 Å². The van der Waals surface area contributed by atoms with Crippen molar-refractivity contribution in [2.45, 2.75) is 65.4 Å². The van der Waals surface area contributed by atoms with E-state index >= 15 is 0 Å².